The van der Waals surface area contributed by atoms with Crippen molar-refractivity contribution in [3.63, 3.8) is 0 Å². The normalized spacial score (nSPS) is 27.9. The van der Waals surface area contributed by atoms with E-state index >= 15 is 0 Å². The fourth-order valence-corrected chi connectivity index (χ4v) is 2.50. The van der Waals surface area contributed by atoms with Crippen molar-refractivity contribution in [2.24, 2.45) is 0 Å². The summed E-state index contributed by atoms with van der Waals surface area (Å²) in [6, 6.07) is 0.663. The minimum absolute atomic E-state index is 0.234. The highest BCUT2D eigenvalue weighted by Gasteiger charge is 2.32. The molecule has 0 amide bonds. The van der Waals surface area contributed by atoms with Gasteiger partial charge in [-0.25, -0.2) is 0 Å². The maximum Gasteiger partial charge on any atom is 0.0673 e. The molecule has 0 spiro atoms. The molecule has 0 aliphatic carbocycles. The summed E-state index contributed by atoms with van der Waals surface area (Å²) < 4.78 is 5.64. The van der Waals surface area contributed by atoms with E-state index < -0.39 is 0 Å². The number of ether oxygens (including phenoxy) is 1. The molecule has 0 aromatic heterocycles. The highest BCUT2D eigenvalue weighted by atomic mass is 16.5. The summed E-state index contributed by atoms with van der Waals surface area (Å²) in [6.07, 6.45) is 1.55. The highest BCUT2D eigenvalue weighted by Crippen LogP contribution is 2.17. The molecule has 1 aliphatic heterocycles. The Morgan fingerprint density at radius 3 is 2.69 bits per heavy atom. The van der Waals surface area contributed by atoms with Crippen molar-refractivity contribution >= 4 is 0 Å². The van der Waals surface area contributed by atoms with E-state index in [4.69, 9.17) is 4.74 Å². The van der Waals surface area contributed by atoms with Crippen molar-refractivity contribution in [2.75, 3.05) is 26.2 Å². The summed E-state index contributed by atoms with van der Waals surface area (Å²) in [5.74, 6) is 0. The average Bonchev–Trinajstić information content (AvgIpc) is 2.17. The summed E-state index contributed by atoms with van der Waals surface area (Å²) >= 11 is 0. The molecule has 1 saturated heterocycles. The van der Waals surface area contributed by atoms with Crippen LogP contribution in [0.5, 0.6) is 0 Å². The molecule has 2 unspecified atom stereocenters. The van der Waals surface area contributed by atoms with Crippen LogP contribution in [0.3, 0.4) is 0 Å². The Kier molecular flexibility index (Phi) is 5.22. The minimum atomic E-state index is 0.234. The zero-order chi connectivity index (χ0) is 12.2. The van der Waals surface area contributed by atoms with Crippen molar-refractivity contribution in [1.29, 1.82) is 0 Å². The summed E-state index contributed by atoms with van der Waals surface area (Å²) in [4.78, 5) is 2.58. The number of hydrogen-bond acceptors (Lipinski definition) is 3. The van der Waals surface area contributed by atoms with Crippen molar-refractivity contribution < 1.29 is 4.74 Å². The third-order valence-electron chi connectivity index (χ3n) is 3.35. The van der Waals surface area contributed by atoms with Crippen LogP contribution in [0, 0.1) is 0 Å². The van der Waals surface area contributed by atoms with Crippen molar-refractivity contribution in [3.05, 3.63) is 0 Å². The first kappa shape index (κ1) is 13.9. The largest absolute Gasteiger partial charge is 0.377 e. The maximum atomic E-state index is 5.64. The van der Waals surface area contributed by atoms with Crippen LogP contribution in [0.15, 0.2) is 0 Å². The number of rotatable bonds is 5. The Balaban J connectivity index is 2.51. The van der Waals surface area contributed by atoms with Gasteiger partial charge in [0.1, 0.15) is 0 Å². The Labute approximate surface area is 101 Å². The molecule has 1 aliphatic rings. The van der Waals surface area contributed by atoms with E-state index in [-0.39, 0.29) is 5.54 Å². The molecule has 0 saturated carbocycles. The SMILES string of the molecule is CCOC(C)CN1CC(C)(C)NCC1CC. The summed E-state index contributed by atoms with van der Waals surface area (Å²) in [6.45, 7) is 15.1. The molecule has 1 heterocycles. The van der Waals surface area contributed by atoms with Gasteiger partial charge in [-0.3, -0.25) is 4.90 Å². The van der Waals surface area contributed by atoms with E-state index in [2.05, 4.69) is 44.8 Å². The zero-order valence-corrected chi connectivity index (χ0v) is 11.5. The fraction of sp³-hybridized carbons (Fsp3) is 1.00. The smallest absolute Gasteiger partial charge is 0.0673 e. The van der Waals surface area contributed by atoms with Gasteiger partial charge in [-0.1, -0.05) is 6.92 Å². The van der Waals surface area contributed by atoms with Crippen molar-refractivity contribution in [3.8, 4) is 0 Å². The van der Waals surface area contributed by atoms with E-state index in [1.165, 1.54) is 6.42 Å². The first-order valence-electron chi connectivity index (χ1n) is 6.59. The predicted molar refractivity (Wildman–Crippen MR) is 68.8 cm³/mol. The second-order valence-electron chi connectivity index (χ2n) is 5.52. The Morgan fingerprint density at radius 1 is 1.44 bits per heavy atom. The van der Waals surface area contributed by atoms with Crippen molar-refractivity contribution in [2.45, 2.75) is 58.7 Å². The van der Waals surface area contributed by atoms with E-state index in [1.54, 1.807) is 0 Å². The summed E-state index contributed by atoms with van der Waals surface area (Å²) in [5, 5.41) is 3.61. The molecular formula is C13H28N2O. The van der Waals surface area contributed by atoms with E-state index in [1.807, 2.05) is 0 Å². The molecule has 1 fully saturated rings. The van der Waals surface area contributed by atoms with Crippen LogP contribution in [0.2, 0.25) is 0 Å². The van der Waals surface area contributed by atoms with Crippen LogP contribution in [0.1, 0.15) is 41.0 Å². The number of nitrogens with one attached hydrogen (secondary N) is 1. The third kappa shape index (κ3) is 4.04. The van der Waals surface area contributed by atoms with Crippen molar-refractivity contribution in [1.82, 2.24) is 10.2 Å². The maximum absolute atomic E-state index is 5.64. The second kappa shape index (κ2) is 5.99. The Morgan fingerprint density at radius 2 is 2.12 bits per heavy atom. The molecule has 0 radical (unpaired) electrons. The van der Waals surface area contributed by atoms with Gasteiger partial charge >= 0.3 is 0 Å². The molecule has 3 heteroatoms. The topological polar surface area (TPSA) is 24.5 Å². The first-order valence-corrected chi connectivity index (χ1v) is 6.59. The Bertz CT molecular complexity index is 206. The lowest BCUT2D eigenvalue weighted by molar-refractivity contribution is 0.00955. The lowest BCUT2D eigenvalue weighted by Crippen LogP contribution is -2.62. The van der Waals surface area contributed by atoms with Gasteiger partial charge < -0.3 is 10.1 Å². The van der Waals surface area contributed by atoms with E-state index in [9.17, 15) is 0 Å². The van der Waals surface area contributed by atoms with Crippen LogP contribution in [0.4, 0.5) is 0 Å². The van der Waals surface area contributed by atoms with Gasteiger partial charge in [0, 0.05) is 37.8 Å². The van der Waals surface area contributed by atoms with Gasteiger partial charge in [0.15, 0.2) is 0 Å². The molecule has 0 bridgehead atoms. The molecule has 16 heavy (non-hydrogen) atoms. The van der Waals surface area contributed by atoms with Crippen LogP contribution >= 0.6 is 0 Å². The van der Waals surface area contributed by atoms with Gasteiger partial charge in [-0.15, -0.1) is 0 Å². The predicted octanol–water partition coefficient (Wildman–Crippen LogP) is 1.87. The monoisotopic (exact) mass is 228 g/mol. The first-order chi connectivity index (χ1) is 7.48. The molecule has 0 aromatic rings. The average molecular weight is 228 g/mol. The van der Waals surface area contributed by atoms with Gasteiger partial charge in [0.25, 0.3) is 0 Å². The molecule has 0 aromatic carbocycles. The lowest BCUT2D eigenvalue weighted by Gasteiger charge is -2.45. The van der Waals surface area contributed by atoms with Gasteiger partial charge in [-0.2, -0.15) is 0 Å². The molecular weight excluding hydrogens is 200 g/mol. The molecule has 1 rings (SSSR count). The van der Waals surface area contributed by atoms with Gasteiger partial charge in [-0.05, 0) is 34.1 Å². The van der Waals surface area contributed by atoms with E-state index in [0.29, 0.717) is 12.1 Å². The van der Waals surface area contributed by atoms with E-state index in [0.717, 1.165) is 26.2 Å². The van der Waals surface area contributed by atoms with Crippen LogP contribution in [-0.2, 0) is 4.74 Å². The zero-order valence-electron chi connectivity index (χ0n) is 11.5. The van der Waals surface area contributed by atoms with Crippen LogP contribution in [0.25, 0.3) is 0 Å². The Hall–Kier alpha value is -0.120. The van der Waals surface area contributed by atoms with Gasteiger partial charge in [0.05, 0.1) is 6.10 Å². The minimum Gasteiger partial charge on any atom is -0.377 e. The summed E-state index contributed by atoms with van der Waals surface area (Å²) in [5.41, 5.74) is 0.234. The molecule has 1 N–H and O–H groups in total. The third-order valence-corrected chi connectivity index (χ3v) is 3.35. The quantitative estimate of drug-likeness (QED) is 0.777. The standard InChI is InChI=1S/C13H28N2O/c1-6-12-8-14-13(4,5)10-15(12)9-11(3)16-7-2/h11-12,14H,6-10H2,1-5H3. The molecule has 2 atom stereocenters. The second-order valence-corrected chi connectivity index (χ2v) is 5.52. The summed E-state index contributed by atoms with van der Waals surface area (Å²) in [7, 11) is 0. The lowest BCUT2D eigenvalue weighted by atomic mass is 9.97. The fourth-order valence-electron chi connectivity index (χ4n) is 2.50. The van der Waals surface area contributed by atoms with Crippen LogP contribution < -0.4 is 5.32 Å². The van der Waals surface area contributed by atoms with Gasteiger partial charge in [0.2, 0.25) is 0 Å². The van der Waals surface area contributed by atoms with Crippen LogP contribution in [-0.4, -0.2) is 48.8 Å². The molecule has 96 valence electrons. The molecule has 3 nitrogen and oxygen atoms in total. The number of piperazine rings is 1. The number of hydrogen-bond donors (Lipinski definition) is 1. The highest BCUT2D eigenvalue weighted by molar-refractivity contribution is 4.92. The number of nitrogens with zero attached hydrogens (tertiary/aromatic N) is 1.